The van der Waals surface area contributed by atoms with Crippen LogP contribution in [0.25, 0.3) is 0 Å². The number of amides is 1. The predicted molar refractivity (Wildman–Crippen MR) is 69.1 cm³/mol. The highest BCUT2D eigenvalue weighted by Gasteiger charge is 2.08. The number of anilines is 1. The monoisotopic (exact) mass is 311 g/mol. The van der Waals surface area contributed by atoms with Crippen LogP contribution in [0.4, 0.5) is 5.82 Å². The Kier molecular flexibility index (Phi) is 3.71. The number of pyridine rings is 2. The summed E-state index contributed by atoms with van der Waals surface area (Å²) >= 11 is 8.98. The van der Waals surface area contributed by atoms with E-state index in [0.717, 1.165) is 0 Å². The molecule has 0 bridgehead atoms. The van der Waals surface area contributed by atoms with Crippen molar-refractivity contribution in [2.75, 3.05) is 5.32 Å². The summed E-state index contributed by atoms with van der Waals surface area (Å²) in [7, 11) is 0. The molecule has 1 N–H and O–H groups in total. The van der Waals surface area contributed by atoms with Gasteiger partial charge in [-0.3, -0.25) is 4.79 Å². The number of hydrogen-bond acceptors (Lipinski definition) is 3. The van der Waals surface area contributed by atoms with Gasteiger partial charge in [0.2, 0.25) is 0 Å². The first-order valence-electron chi connectivity index (χ1n) is 4.70. The third kappa shape index (κ3) is 3.25. The van der Waals surface area contributed by atoms with Crippen LogP contribution in [-0.2, 0) is 0 Å². The molecule has 2 aromatic rings. The van der Waals surface area contributed by atoms with Crippen LogP contribution in [0, 0.1) is 0 Å². The standard InChI is InChI=1S/C11H7BrClN3O/c12-9-3-1-2-8(15-9)11(17)16-10-6-7(13)4-5-14-10/h1-6H,(H,14,16,17). The molecule has 0 saturated heterocycles. The lowest BCUT2D eigenvalue weighted by Gasteiger charge is -2.03. The molecule has 0 radical (unpaired) electrons. The zero-order valence-corrected chi connectivity index (χ0v) is 10.9. The van der Waals surface area contributed by atoms with Gasteiger partial charge in [0, 0.05) is 11.2 Å². The van der Waals surface area contributed by atoms with Crippen LogP contribution in [-0.4, -0.2) is 15.9 Å². The van der Waals surface area contributed by atoms with Gasteiger partial charge in [-0.2, -0.15) is 0 Å². The molecule has 0 aliphatic rings. The first kappa shape index (κ1) is 12.0. The molecule has 2 heterocycles. The van der Waals surface area contributed by atoms with Crippen molar-refractivity contribution in [2.45, 2.75) is 0 Å². The number of nitrogens with zero attached hydrogens (tertiary/aromatic N) is 2. The zero-order chi connectivity index (χ0) is 12.3. The molecular formula is C11H7BrClN3O. The minimum atomic E-state index is -0.332. The Bertz CT molecular complexity index is 562. The Morgan fingerprint density at radius 1 is 1.35 bits per heavy atom. The smallest absolute Gasteiger partial charge is 0.275 e. The number of halogens is 2. The quantitative estimate of drug-likeness (QED) is 0.867. The first-order valence-corrected chi connectivity index (χ1v) is 5.88. The summed E-state index contributed by atoms with van der Waals surface area (Å²) in [5.41, 5.74) is 0.307. The van der Waals surface area contributed by atoms with Crippen LogP contribution in [0.5, 0.6) is 0 Å². The lowest BCUT2D eigenvalue weighted by Crippen LogP contribution is -2.14. The van der Waals surface area contributed by atoms with Crippen molar-refractivity contribution in [1.29, 1.82) is 0 Å². The first-order chi connectivity index (χ1) is 8.15. The van der Waals surface area contributed by atoms with Crippen LogP contribution < -0.4 is 5.32 Å². The normalized spacial score (nSPS) is 10.0. The molecule has 17 heavy (non-hydrogen) atoms. The molecule has 0 spiro atoms. The van der Waals surface area contributed by atoms with E-state index >= 15 is 0 Å². The van der Waals surface area contributed by atoms with Crippen molar-refractivity contribution < 1.29 is 4.79 Å². The van der Waals surface area contributed by atoms with E-state index in [0.29, 0.717) is 21.1 Å². The second kappa shape index (κ2) is 5.25. The number of hydrogen-bond donors (Lipinski definition) is 1. The molecule has 2 aromatic heterocycles. The van der Waals surface area contributed by atoms with Crippen LogP contribution in [0.15, 0.2) is 41.1 Å². The Balaban J connectivity index is 2.17. The van der Waals surface area contributed by atoms with Crippen molar-refractivity contribution >= 4 is 39.3 Å². The van der Waals surface area contributed by atoms with Gasteiger partial charge in [0.05, 0.1) is 0 Å². The predicted octanol–water partition coefficient (Wildman–Crippen LogP) is 3.14. The van der Waals surface area contributed by atoms with E-state index in [1.807, 2.05) is 0 Å². The average Bonchev–Trinajstić information content (AvgIpc) is 2.29. The Morgan fingerprint density at radius 2 is 2.18 bits per heavy atom. The summed E-state index contributed by atoms with van der Waals surface area (Å²) in [6, 6.07) is 8.29. The van der Waals surface area contributed by atoms with E-state index in [-0.39, 0.29) is 5.91 Å². The van der Waals surface area contributed by atoms with Crippen molar-refractivity contribution in [1.82, 2.24) is 9.97 Å². The van der Waals surface area contributed by atoms with Gasteiger partial charge < -0.3 is 5.32 Å². The molecule has 2 rings (SSSR count). The molecule has 0 fully saturated rings. The fourth-order valence-corrected chi connectivity index (χ4v) is 1.69. The van der Waals surface area contributed by atoms with Crippen LogP contribution >= 0.6 is 27.5 Å². The van der Waals surface area contributed by atoms with Crippen LogP contribution in [0.2, 0.25) is 5.02 Å². The highest BCUT2D eigenvalue weighted by atomic mass is 79.9. The zero-order valence-electron chi connectivity index (χ0n) is 8.52. The van der Waals surface area contributed by atoms with Crippen molar-refractivity contribution in [3.63, 3.8) is 0 Å². The van der Waals surface area contributed by atoms with Gasteiger partial charge >= 0.3 is 0 Å². The summed E-state index contributed by atoms with van der Waals surface area (Å²) in [4.78, 5) is 19.8. The summed E-state index contributed by atoms with van der Waals surface area (Å²) in [6.45, 7) is 0. The van der Waals surface area contributed by atoms with E-state index in [9.17, 15) is 4.79 Å². The fourth-order valence-electron chi connectivity index (χ4n) is 1.19. The average molecular weight is 313 g/mol. The Hall–Kier alpha value is -1.46. The van der Waals surface area contributed by atoms with E-state index < -0.39 is 0 Å². The molecule has 86 valence electrons. The van der Waals surface area contributed by atoms with Gasteiger partial charge in [-0.25, -0.2) is 9.97 Å². The number of rotatable bonds is 2. The summed E-state index contributed by atoms with van der Waals surface area (Å²) in [5.74, 6) is 0.0605. The molecule has 6 heteroatoms. The number of carbonyl (C=O) groups is 1. The fraction of sp³-hybridized carbons (Fsp3) is 0. The third-order valence-electron chi connectivity index (χ3n) is 1.91. The summed E-state index contributed by atoms with van der Waals surface area (Å²) < 4.78 is 0.601. The van der Waals surface area contributed by atoms with Crippen LogP contribution in [0.1, 0.15) is 10.5 Å². The van der Waals surface area contributed by atoms with Gasteiger partial charge in [0.15, 0.2) is 0 Å². The maximum atomic E-state index is 11.8. The van der Waals surface area contributed by atoms with Crippen LogP contribution in [0.3, 0.4) is 0 Å². The van der Waals surface area contributed by atoms with E-state index in [1.165, 1.54) is 6.20 Å². The maximum Gasteiger partial charge on any atom is 0.275 e. The SMILES string of the molecule is O=C(Nc1cc(Cl)ccn1)c1cccc(Br)n1. The van der Waals surface area contributed by atoms with Gasteiger partial charge in [0.1, 0.15) is 16.1 Å². The van der Waals surface area contributed by atoms with Gasteiger partial charge in [-0.15, -0.1) is 0 Å². The largest absolute Gasteiger partial charge is 0.305 e. The lowest BCUT2D eigenvalue weighted by molar-refractivity contribution is 0.102. The minimum Gasteiger partial charge on any atom is -0.305 e. The van der Waals surface area contributed by atoms with Crippen molar-refractivity contribution in [3.8, 4) is 0 Å². The Morgan fingerprint density at radius 3 is 2.88 bits per heavy atom. The summed E-state index contributed by atoms with van der Waals surface area (Å²) in [6.07, 6.45) is 1.52. The van der Waals surface area contributed by atoms with Gasteiger partial charge in [0.25, 0.3) is 5.91 Å². The topological polar surface area (TPSA) is 54.9 Å². The number of carbonyl (C=O) groups excluding carboxylic acids is 1. The molecule has 0 aliphatic carbocycles. The third-order valence-corrected chi connectivity index (χ3v) is 2.59. The number of aromatic nitrogens is 2. The Labute approximate surface area is 111 Å². The van der Waals surface area contributed by atoms with Crippen molar-refractivity contribution in [3.05, 3.63) is 51.8 Å². The van der Waals surface area contributed by atoms with E-state index in [1.54, 1.807) is 30.3 Å². The highest BCUT2D eigenvalue weighted by Crippen LogP contribution is 2.13. The van der Waals surface area contributed by atoms with Gasteiger partial charge in [-0.1, -0.05) is 17.7 Å². The molecule has 0 aliphatic heterocycles. The van der Waals surface area contributed by atoms with E-state index in [2.05, 4.69) is 31.2 Å². The van der Waals surface area contributed by atoms with Gasteiger partial charge in [-0.05, 0) is 40.2 Å². The second-order valence-corrected chi connectivity index (χ2v) is 4.41. The second-order valence-electron chi connectivity index (χ2n) is 3.16. The minimum absolute atomic E-state index is 0.307. The molecule has 0 atom stereocenters. The molecule has 0 aromatic carbocycles. The lowest BCUT2D eigenvalue weighted by atomic mass is 10.3. The van der Waals surface area contributed by atoms with E-state index in [4.69, 9.17) is 11.6 Å². The highest BCUT2D eigenvalue weighted by molar-refractivity contribution is 9.10. The molecule has 0 unspecified atom stereocenters. The summed E-state index contributed by atoms with van der Waals surface area (Å²) in [5, 5.41) is 3.12. The van der Waals surface area contributed by atoms with Crippen molar-refractivity contribution in [2.24, 2.45) is 0 Å². The molecule has 4 nitrogen and oxygen atoms in total. The molecule has 0 saturated carbocycles. The molecular weight excluding hydrogens is 305 g/mol. The molecule has 1 amide bonds. The maximum absolute atomic E-state index is 11.8. The number of nitrogens with one attached hydrogen (secondary N) is 1.